The highest BCUT2D eigenvalue weighted by Crippen LogP contribution is 2.32. The van der Waals surface area contributed by atoms with Crippen molar-refractivity contribution in [3.05, 3.63) is 36.0 Å². The van der Waals surface area contributed by atoms with E-state index in [1.54, 1.807) is 12.1 Å². The number of hydrogen-bond acceptors (Lipinski definition) is 6. The van der Waals surface area contributed by atoms with Gasteiger partial charge in [-0.15, -0.1) is 0 Å². The van der Waals surface area contributed by atoms with Crippen LogP contribution < -0.4 is 5.32 Å². The first-order chi connectivity index (χ1) is 12.3. The van der Waals surface area contributed by atoms with E-state index in [1.807, 2.05) is 0 Å². The van der Waals surface area contributed by atoms with Gasteiger partial charge in [0.15, 0.2) is 0 Å². The summed E-state index contributed by atoms with van der Waals surface area (Å²) in [6.45, 7) is -1.07. The van der Waals surface area contributed by atoms with E-state index in [0.29, 0.717) is 10.9 Å². The predicted molar refractivity (Wildman–Crippen MR) is 87.4 cm³/mol. The topological polar surface area (TPSA) is 109 Å². The fraction of sp³-hybridized carbons (Fsp3) is 0.353. The number of phenols is 1. The van der Waals surface area contributed by atoms with Gasteiger partial charge in [-0.1, -0.05) is 0 Å². The van der Waals surface area contributed by atoms with E-state index < -0.39 is 37.1 Å². The maximum Gasteiger partial charge on any atom is 0.263 e. The average molecular weight is 362 g/mol. The number of nitrogens with one attached hydrogen (secondary N) is 1. The SMILES string of the molecule is N#C[C@@H]1CC(F)(F)CN1[C@@H](O)CNC(=O)c1ccnc2ccc(O)cc12. The van der Waals surface area contributed by atoms with Crippen molar-refractivity contribution >= 4 is 16.8 Å². The number of amides is 1. The zero-order valence-electron chi connectivity index (χ0n) is 13.6. The van der Waals surface area contributed by atoms with Gasteiger partial charge < -0.3 is 15.5 Å². The van der Waals surface area contributed by atoms with Crippen molar-refractivity contribution in [2.75, 3.05) is 13.1 Å². The number of hydrogen-bond donors (Lipinski definition) is 3. The van der Waals surface area contributed by atoms with Crippen molar-refractivity contribution in [2.45, 2.75) is 24.6 Å². The Morgan fingerprint density at radius 2 is 2.27 bits per heavy atom. The maximum atomic E-state index is 13.4. The molecule has 1 aromatic carbocycles. The molecule has 9 heteroatoms. The molecule has 1 saturated heterocycles. The number of aromatic nitrogens is 1. The van der Waals surface area contributed by atoms with Gasteiger partial charge in [0, 0.05) is 18.0 Å². The van der Waals surface area contributed by atoms with Crippen molar-refractivity contribution in [3.8, 4) is 11.8 Å². The molecule has 0 aliphatic carbocycles. The van der Waals surface area contributed by atoms with Crippen molar-refractivity contribution < 1.29 is 23.8 Å². The molecule has 0 spiro atoms. The van der Waals surface area contributed by atoms with Gasteiger partial charge in [-0.3, -0.25) is 14.7 Å². The summed E-state index contributed by atoms with van der Waals surface area (Å²) in [5.74, 6) is -3.64. The second-order valence-corrected chi connectivity index (χ2v) is 6.13. The lowest BCUT2D eigenvalue weighted by atomic mass is 10.1. The molecule has 1 amide bonds. The third-order valence-corrected chi connectivity index (χ3v) is 4.25. The van der Waals surface area contributed by atoms with Crippen LogP contribution in [0.1, 0.15) is 16.8 Å². The lowest BCUT2D eigenvalue weighted by Crippen LogP contribution is -2.46. The summed E-state index contributed by atoms with van der Waals surface area (Å²) in [5.41, 5.74) is 0.724. The van der Waals surface area contributed by atoms with Crippen LogP contribution in [0.5, 0.6) is 5.75 Å². The third-order valence-electron chi connectivity index (χ3n) is 4.25. The Morgan fingerprint density at radius 1 is 1.50 bits per heavy atom. The summed E-state index contributed by atoms with van der Waals surface area (Å²) in [5, 5.41) is 31.6. The number of aliphatic hydroxyl groups excluding tert-OH is 1. The quantitative estimate of drug-likeness (QED) is 0.755. The van der Waals surface area contributed by atoms with Crippen molar-refractivity contribution in [1.82, 2.24) is 15.2 Å². The molecule has 26 heavy (non-hydrogen) atoms. The number of aromatic hydroxyl groups is 1. The summed E-state index contributed by atoms with van der Waals surface area (Å²) >= 11 is 0. The van der Waals surface area contributed by atoms with Crippen LogP contribution in [0.15, 0.2) is 30.5 Å². The summed E-state index contributed by atoms with van der Waals surface area (Å²) in [7, 11) is 0. The standard InChI is InChI=1S/C17H16F2N4O3/c18-17(19)6-10(7-20)23(9-17)15(25)8-22-16(26)12-3-4-21-14-2-1-11(24)5-13(12)14/h1-5,10,15,24-25H,6,8-9H2,(H,22,26)/t10-,15-/m0/s1. The number of nitriles is 1. The molecular formula is C17H16F2N4O3. The van der Waals surface area contributed by atoms with E-state index in [4.69, 9.17) is 5.26 Å². The van der Waals surface area contributed by atoms with Gasteiger partial charge >= 0.3 is 0 Å². The van der Waals surface area contributed by atoms with Crippen LogP contribution >= 0.6 is 0 Å². The predicted octanol–water partition coefficient (Wildman–Crippen LogP) is 1.22. The molecule has 3 rings (SSSR count). The van der Waals surface area contributed by atoms with Crippen LogP contribution in [-0.2, 0) is 0 Å². The number of benzene rings is 1. The number of pyridine rings is 1. The first kappa shape index (κ1) is 18.0. The van der Waals surface area contributed by atoms with Gasteiger partial charge in [-0.25, -0.2) is 8.78 Å². The maximum absolute atomic E-state index is 13.4. The Bertz CT molecular complexity index is 884. The van der Waals surface area contributed by atoms with Crippen molar-refractivity contribution in [1.29, 1.82) is 5.26 Å². The number of nitrogens with zero attached hydrogens (tertiary/aromatic N) is 3. The second-order valence-electron chi connectivity index (χ2n) is 6.13. The normalized spacial score (nSPS) is 20.6. The smallest absolute Gasteiger partial charge is 0.263 e. The van der Waals surface area contributed by atoms with Crippen LogP contribution in [0.3, 0.4) is 0 Å². The number of likely N-dealkylation sites (tertiary alicyclic amines) is 1. The highest BCUT2D eigenvalue weighted by molar-refractivity contribution is 6.06. The molecule has 1 aliphatic rings. The molecular weight excluding hydrogens is 346 g/mol. The molecule has 136 valence electrons. The Kier molecular flexibility index (Phi) is 4.71. The molecule has 0 saturated carbocycles. The van der Waals surface area contributed by atoms with Crippen LogP contribution in [-0.4, -0.2) is 57.3 Å². The first-order valence-electron chi connectivity index (χ1n) is 7.88. The number of aliphatic hydroxyl groups is 1. The molecule has 0 unspecified atom stereocenters. The molecule has 1 aliphatic heterocycles. The van der Waals surface area contributed by atoms with Crippen LogP contribution in [0.4, 0.5) is 8.78 Å². The zero-order valence-corrected chi connectivity index (χ0v) is 13.6. The van der Waals surface area contributed by atoms with E-state index in [0.717, 1.165) is 4.90 Å². The van der Waals surface area contributed by atoms with Gasteiger partial charge in [0.25, 0.3) is 11.8 Å². The number of carbonyl (C=O) groups is 1. The van der Waals surface area contributed by atoms with Gasteiger partial charge in [0.2, 0.25) is 0 Å². The number of phenolic OH excluding ortho intramolecular Hbond substituents is 1. The van der Waals surface area contributed by atoms with E-state index in [2.05, 4.69) is 10.3 Å². The number of rotatable bonds is 4. The lowest BCUT2D eigenvalue weighted by Gasteiger charge is -2.25. The molecule has 2 aromatic rings. The van der Waals surface area contributed by atoms with E-state index in [-0.39, 0.29) is 17.9 Å². The molecule has 0 bridgehead atoms. The Morgan fingerprint density at radius 3 is 3.00 bits per heavy atom. The molecule has 2 heterocycles. The van der Waals surface area contributed by atoms with Crippen LogP contribution in [0.25, 0.3) is 10.9 Å². The number of halogens is 2. The number of carbonyl (C=O) groups excluding carboxylic acids is 1. The van der Waals surface area contributed by atoms with Gasteiger partial charge in [0.1, 0.15) is 18.0 Å². The Balaban J connectivity index is 1.72. The molecule has 1 fully saturated rings. The summed E-state index contributed by atoms with van der Waals surface area (Å²) in [6, 6.07) is 6.46. The van der Waals surface area contributed by atoms with Gasteiger partial charge in [0.05, 0.1) is 30.2 Å². The summed E-state index contributed by atoms with van der Waals surface area (Å²) in [4.78, 5) is 17.5. The fourth-order valence-electron chi connectivity index (χ4n) is 3.00. The highest BCUT2D eigenvalue weighted by Gasteiger charge is 2.47. The van der Waals surface area contributed by atoms with Gasteiger partial charge in [-0.2, -0.15) is 5.26 Å². The summed E-state index contributed by atoms with van der Waals surface area (Å²) in [6.07, 6.45) is -0.640. The van der Waals surface area contributed by atoms with Crippen molar-refractivity contribution in [3.63, 3.8) is 0 Å². The van der Waals surface area contributed by atoms with E-state index >= 15 is 0 Å². The Hall–Kier alpha value is -2.83. The lowest BCUT2D eigenvalue weighted by molar-refractivity contribution is -0.0305. The first-order valence-corrected chi connectivity index (χ1v) is 7.88. The average Bonchev–Trinajstić information content (AvgIpc) is 2.93. The summed E-state index contributed by atoms with van der Waals surface area (Å²) < 4.78 is 26.9. The van der Waals surface area contributed by atoms with E-state index in [9.17, 15) is 23.8 Å². The third kappa shape index (κ3) is 3.56. The van der Waals surface area contributed by atoms with Crippen LogP contribution in [0, 0.1) is 11.3 Å². The van der Waals surface area contributed by atoms with E-state index in [1.165, 1.54) is 24.4 Å². The molecule has 7 nitrogen and oxygen atoms in total. The monoisotopic (exact) mass is 362 g/mol. The number of alkyl halides is 2. The fourth-order valence-corrected chi connectivity index (χ4v) is 3.00. The minimum atomic E-state index is -3.05. The van der Waals surface area contributed by atoms with Crippen LogP contribution in [0.2, 0.25) is 0 Å². The molecule has 1 aromatic heterocycles. The number of fused-ring (bicyclic) bond motifs is 1. The zero-order chi connectivity index (χ0) is 18.9. The molecule has 3 N–H and O–H groups in total. The minimum Gasteiger partial charge on any atom is -0.508 e. The van der Waals surface area contributed by atoms with Crippen molar-refractivity contribution in [2.24, 2.45) is 0 Å². The molecule has 0 radical (unpaired) electrons. The second kappa shape index (κ2) is 6.82. The minimum absolute atomic E-state index is 0.0317. The largest absolute Gasteiger partial charge is 0.508 e. The Labute approximate surface area is 147 Å². The van der Waals surface area contributed by atoms with Gasteiger partial charge in [-0.05, 0) is 24.3 Å². The molecule has 2 atom stereocenters. The highest BCUT2D eigenvalue weighted by atomic mass is 19.3.